The molecule has 0 fully saturated rings. The Morgan fingerprint density at radius 3 is 3.00 bits per heavy atom. The summed E-state index contributed by atoms with van der Waals surface area (Å²) in [4.78, 5) is 4.00. The third kappa shape index (κ3) is 2.77. The number of nitrogens with zero attached hydrogens (tertiary/aromatic N) is 1. The van der Waals surface area contributed by atoms with Crippen LogP contribution in [0, 0.1) is 0 Å². The topological polar surface area (TPSA) is 3.24 Å². The largest absolute Gasteiger partial charge is 0.298 e. The van der Waals surface area contributed by atoms with Gasteiger partial charge in [-0.15, -0.1) is 11.3 Å². The Hall–Kier alpha value is -0.830. The van der Waals surface area contributed by atoms with Gasteiger partial charge >= 0.3 is 0 Å². The lowest BCUT2D eigenvalue weighted by molar-refractivity contribution is 0.258. The molecule has 0 unspecified atom stereocenters. The molecule has 1 aromatic heterocycles. The predicted molar refractivity (Wildman–Crippen MR) is 78.5 cm³/mol. The van der Waals surface area contributed by atoms with Crippen molar-refractivity contribution >= 4 is 22.9 Å². The van der Waals surface area contributed by atoms with Crippen molar-refractivity contribution in [3.63, 3.8) is 0 Å². The van der Waals surface area contributed by atoms with Crippen LogP contribution in [0.15, 0.2) is 35.7 Å². The number of halogens is 1. The maximum atomic E-state index is 6.07. The zero-order chi connectivity index (χ0) is 12.4. The second-order valence-corrected chi connectivity index (χ2v) is 6.24. The van der Waals surface area contributed by atoms with Crippen molar-refractivity contribution in [2.45, 2.75) is 19.4 Å². The molecule has 0 radical (unpaired) electrons. The standard InChI is InChI=1S/C15H16ClNS/c16-14-4-3-12-5-7-17(11-13(12)10-14)8-6-15-2-1-9-18-15/h1-4,9-10H,5-8,11H2. The smallest absolute Gasteiger partial charge is 0.0409 e. The van der Waals surface area contributed by atoms with Gasteiger partial charge in [-0.3, -0.25) is 4.90 Å². The number of thiophene rings is 1. The second kappa shape index (κ2) is 5.43. The van der Waals surface area contributed by atoms with Gasteiger partial charge in [-0.05, 0) is 47.5 Å². The number of benzene rings is 1. The Bertz CT molecular complexity index is 521. The minimum Gasteiger partial charge on any atom is -0.298 e. The fourth-order valence-corrected chi connectivity index (χ4v) is 3.39. The maximum absolute atomic E-state index is 6.07. The SMILES string of the molecule is Clc1ccc2c(c1)CN(CCc1cccs1)CC2. The summed E-state index contributed by atoms with van der Waals surface area (Å²) in [5.74, 6) is 0. The third-order valence-corrected chi connectivity index (χ3v) is 4.69. The van der Waals surface area contributed by atoms with Crippen molar-refractivity contribution in [3.05, 3.63) is 56.7 Å². The molecule has 0 saturated heterocycles. The van der Waals surface area contributed by atoms with Crippen LogP contribution in [-0.2, 0) is 19.4 Å². The van der Waals surface area contributed by atoms with Crippen LogP contribution in [0.4, 0.5) is 0 Å². The van der Waals surface area contributed by atoms with Crippen LogP contribution in [0.1, 0.15) is 16.0 Å². The fourth-order valence-electron chi connectivity index (χ4n) is 2.50. The van der Waals surface area contributed by atoms with E-state index < -0.39 is 0 Å². The van der Waals surface area contributed by atoms with Crippen LogP contribution in [-0.4, -0.2) is 18.0 Å². The van der Waals surface area contributed by atoms with E-state index >= 15 is 0 Å². The molecule has 0 bridgehead atoms. The predicted octanol–water partition coefficient (Wildman–Crippen LogP) is 4.00. The molecule has 0 N–H and O–H groups in total. The monoisotopic (exact) mass is 277 g/mol. The van der Waals surface area contributed by atoms with Crippen LogP contribution in [0.3, 0.4) is 0 Å². The molecule has 2 heterocycles. The first-order valence-corrected chi connectivity index (χ1v) is 7.59. The zero-order valence-corrected chi connectivity index (χ0v) is 11.8. The highest BCUT2D eigenvalue weighted by Crippen LogP contribution is 2.23. The Kier molecular flexibility index (Phi) is 3.69. The normalized spacial score (nSPS) is 15.6. The summed E-state index contributed by atoms with van der Waals surface area (Å²) in [5, 5.41) is 3.01. The van der Waals surface area contributed by atoms with Crippen molar-refractivity contribution in [1.29, 1.82) is 0 Å². The third-order valence-electron chi connectivity index (χ3n) is 3.51. The van der Waals surface area contributed by atoms with Crippen molar-refractivity contribution in [2.24, 2.45) is 0 Å². The molecular weight excluding hydrogens is 262 g/mol. The number of hydrogen-bond acceptors (Lipinski definition) is 2. The summed E-state index contributed by atoms with van der Waals surface area (Å²) in [5.41, 5.74) is 2.87. The van der Waals surface area contributed by atoms with Gasteiger partial charge in [0.2, 0.25) is 0 Å². The Labute approximate surface area is 117 Å². The molecule has 0 spiro atoms. The van der Waals surface area contributed by atoms with Gasteiger partial charge in [0.05, 0.1) is 0 Å². The maximum Gasteiger partial charge on any atom is 0.0409 e. The molecule has 3 heteroatoms. The summed E-state index contributed by atoms with van der Waals surface area (Å²) < 4.78 is 0. The molecule has 0 atom stereocenters. The molecule has 0 saturated carbocycles. The molecule has 1 nitrogen and oxygen atoms in total. The van der Waals surface area contributed by atoms with E-state index in [-0.39, 0.29) is 0 Å². The quantitative estimate of drug-likeness (QED) is 0.820. The van der Waals surface area contributed by atoms with E-state index in [1.54, 1.807) is 0 Å². The van der Waals surface area contributed by atoms with Gasteiger partial charge in [0.25, 0.3) is 0 Å². The van der Waals surface area contributed by atoms with Crippen molar-refractivity contribution in [1.82, 2.24) is 4.90 Å². The van der Waals surface area contributed by atoms with E-state index in [1.807, 2.05) is 17.4 Å². The second-order valence-electron chi connectivity index (χ2n) is 4.77. The lowest BCUT2D eigenvalue weighted by Gasteiger charge is -2.28. The van der Waals surface area contributed by atoms with Gasteiger partial charge in [-0.25, -0.2) is 0 Å². The molecule has 2 aromatic rings. The summed E-state index contributed by atoms with van der Waals surface area (Å²) in [6, 6.07) is 10.6. The highest BCUT2D eigenvalue weighted by Gasteiger charge is 2.16. The highest BCUT2D eigenvalue weighted by atomic mass is 35.5. The summed E-state index contributed by atoms with van der Waals surface area (Å²) in [6.07, 6.45) is 2.31. The van der Waals surface area contributed by atoms with Gasteiger partial charge in [0.15, 0.2) is 0 Å². The van der Waals surface area contributed by atoms with Gasteiger partial charge < -0.3 is 0 Å². The van der Waals surface area contributed by atoms with Gasteiger partial charge in [0.1, 0.15) is 0 Å². The average molecular weight is 278 g/mol. The molecule has 1 aliphatic rings. The summed E-state index contributed by atoms with van der Waals surface area (Å²) >= 11 is 7.92. The highest BCUT2D eigenvalue weighted by molar-refractivity contribution is 7.09. The molecule has 0 amide bonds. The molecule has 3 rings (SSSR count). The fraction of sp³-hybridized carbons (Fsp3) is 0.333. The Morgan fingerprint density at radius 1 is 1.22 bits per heavy atom. The van der Waals surface area contributed by atoms with E-state index in [4.69, 9.17) is 11.6 Å². The minimum atomic E-state index is 0.855. The van der Waals surface area contributed by atoms with Crippen LogP contribution in [0.25, 0.3) is 0 Å². The van der Waals surface area contributed by atoms with E-state index in [9.17, 15) is 0 Å². The number of fused-ring (bicyclic) bond motifs is 1. The van der Waals surface area contributed by atoms with Crippen LogP contribution >= 0.6 is 22.9 Å². The van der Waals surface area contributed by atoms with Gasteiger partial charge in [-0.2, -0.15) is 0 Å². The first kappa shape index (κ1) is 12.2. The Balaban J connectivity index is 1.63. The van der Waals surface area contributed by atoms with Crippen LogP contribution in [0.2, 0.25) is 5.02 Å². The molecule has 1 aliphatic heterocycles. The van der Waals surface area contributed by atoms with E-state index in [1.165, 1.54) is 22.5 Å². The van der Waals surface area contributed by atoms with E-state index in [0.29, 0.717) is 0 Å². The first-order chi connectivity index (χ1) is 8.81. The molecule has 18 heavy (non-hydrogen) atoms. The van der Waals surface area contributed by atoms with Crippen LogP contribution in [0.5, 0.6) is 0 Å². The lowest BCUT2D eigenvalue weighted by atomic mass is 10.00. The van der Waals surface area contributed by atoms with Crippen molar-refractivity contribution in [3.8, 4) is 0 Å². The summed E-state index contributed by atoms with van der Waals surface area (Å²) in [7, 11) is 0. The molecule has 0 aliphatic carbocycles. The Morgan fingerprint density at radius 2 is 2.17 bits per heavy atom. The minimum absolute atomic E-state index is 0.855. The number of hydrogen-bond donors (Lipinski definition) is 0. The van der Waals surface area contributed by atoms with Gasteiger partial charge in [-0.1, -0.05) is 23.7 Å². The number of rotatable bonds is 3. The zero-order valence-electron chi connectivity index (χ0n) is 10.2. The first-order valence-electron chi connectivity index (χ1n) is 6.33. The van der Waals surface area contributed by atoms with Crippen molar-refractivity contribution < 1.29 is 0 Å². The van der Waals surface area contributed by atoms with E-state index in [2.05, 4.69) is 34.5 Å². The molecular formula is C15H16ClNS. The van der Waals surface area contributed by atoms with Crippen molar-refractivity contribution in [2.75, 3.05) is 13.1 Å². The van der Waals surface area contributed by atoms with Crippen LogP contribution < -0.4 is 0 Å². The van der Waals surface area contributed by atoms with E-state index in [0.717, 1.165) is 31.0 Å². The van der Waals surface area contributed by atoms with Gasteiger partial charge in [0, 0.05) is 29.5 Å². The molecule has 94 valence electrons. The average Bonchev–Trinajstić information content (AvgIpc) is 2.89. The summed E-state index contributed by atoms with van der Waals surface area (Å²) in [6.45, 7) is 3.35. The molecule has 1 aromatic carbocycles. The lowest BCUT2D eigenvalue weighted by Crippen LogP contribution is -2.32.